The third-order valence-electron chi connectivity index (χ3n) is 3.85. The lowest BCUT2D eigenvalue weighted by Crippen LogP contribution is -2.11. The molecule has 134 valence electrons. The predicted octanol–water partition coefficient (Wildman–Crippen LogP) is 4.87. The van der Waals surface area contributed by atoms with Crippen molar-refractivity contribution >= 4 is 33.8 Å². The first kappa shape index (κ1) is 17.9. The Kier molecular flexibility index (Phi) is 5.53. The summed E-state index contributed by atoms with van der Waals surface area (Å²) in [5.41, 5.74) is 2.47. The zero-order valence-electron chi connectivity index (χ0n) is 15.0. The first-order valence-electron chi connectivity index (χ1n) is 8.39. The molecule has 0 radical (unpaired) electrons. The number of ether oxygens (including phenoxy) is 1. The van der Waals surface area contributed by atoms with Crippen LogP contribution < -0.4 is 15.0 Å². The molecular formula is C20H21N3O2S. The zero-order chi connectivity index (χ0) is 18.5. The Morgan fingerprint density at radius 2 is 1.85 bits per heavy atom. The molecule has 3 aromatic rings. The number of carbonyl (C=O) groups excluding carboxylic acids is 1. The molecule has 0 atom stereocenters. The highest BCUT2D eigenvalue weighted by atomic mass is 32.1. The Balaban J connectivity index is 1.75. The van der Waals surface area contributed by atoms with E-state index in [-0.39, 0.29) is 5.91 Å². The molecule has 0 bridgehead atoms. The number of amides is 1. The first-order valence-corrected chi connectivity index (χ1v) is 9.20. The van der Waals surface area contributed by atoms with Gasteiger partial charge in [-0.1, -0.05) is 29.5 Å². The van der Waals surface area contributed by atoms with Crippen molar-refractivity contribution in [2.45, 2.75) is 13.8 Å². The molecule has 0 saturated carbocycles. The standard InChI is InChI=1S/C20H21N3O2S/c1-4-25-17-12-10-15(11-13-17)22-19(24)18-14(2)21-20(26-18)23(3)16-8-6-5-7-9-16/h5-13H,4H2,1-3H3,(H,22,24). The smallest absolute Gasteiger partial charge is 0.267 e. The maximum Gasteiger partial charge on any atom is 0.267 e. The van der Waals surface area contributed by atoms with Gasteiger partial charge >= 0.3 is 0 Å². The van der Waals surface area contributed by atoms with Gasteiger partial charge in [-0.05, 0) is 50.2 Å². The topological polar surface area (TPSA) is 54.5 Å². The van der Waals surface area contributed by atoms with E-state index in [1.165, 1.54) is 11.3 Å². The van der Waals surface area contributed by atoms with Crippen molar-refractivity contribution in [3.8, 4) is 5.75 Å². The average molecular weight is 367 g/mol. The van der Waals surface area contributed by atoms with Gasteiger partial charge in [0.15, 0.2) is 5.13 Å². The lowest BCUT2D eigenvalue weighted by Gasteiger charge is -2.15. The highest BCUT2D eigenvalue weighted by molar-refractivity contribution is 7.17. The van der Waals surface area contributed by atoms with Gasteiger partial charge in [0.25, 0.3) is 5.91 Å². The van der Waals surface area contributed by atoms with Crippen molar-refractivity contribution in [3.63, 3.8) is 0 Å². The van der Waals surface area contributed by atoms with Crippen LogP contribution in [0.4, 0.5) is 16.5 Å². The second-order valence-electron chi connectivity index (χ2n) is 5.72. The molecular weight excluding hydrogens is 346 g/mol. The monoisotopic (exact) mass is 367 g/mol. The second-order valence-corrected chi connectivity index (χ2v) is 6.69. The third kappa shape index (κ3) is 4.03. The number of benzene rings is 2. The Hall–Kier alpha value is -2.86. The van der Waals surface area contributed by atoms with E-state index in [2.05, 4.69) is 10.3 Å². The number of nitrogens with one attached hydrogen (secondary N) is 1. The van der Waals surface area contributed by atoms with Crippen LogP contribution in [-0.2, 0) is 0 Å². The van der Waals surface area contributed by atoms with E-state index in [0.717, 1.165) is 27.9 Å². The molecule has 1 N–H and O–H groups in total. The number of hydrogen-bond donors (Lipinski definition) is 1. The predicted molar refractivity (Wildman–Crippen MR) is 107 cm³/mol. The number of aromatic nitrogens is 1. The van der Waals surface area contributed by atoms with Crippen LogP contribution in [0.2, 0.25) is 0 Å². The molecule has 0 aliphatic carbocycles. The van der Waals surface area contributed by atoms with E-state index in [9.17, 15) is 4.79 Å². The van der Waals surface area contributed by atoms with Gasteiger partial charge in [-0.15, -0.1) is 0 Å². The van der Waals surface area contributed by atoms with Gasteiger partial charge in [0.05, 0.1) is 12.3 Å². The van der Waals surface area contributed by atoms with E-state index in [4.69, 9.17) is 4.74 Å². The Bertz CT molecular complexity index is 876. The summed E-state index contributed by atoms with van der Waals surface area (Å²) < 4.78 is 5.42. The van der Waals surface area contributed by atoms with Gasteiger partial charge in [-0.2, -0.15) is 0 Å². The fourth-order valence-corrected chi connectivity index (χ4v) is 3.43. The summed E-state index contributed by atoms with van der Waals surface area (Å²) in [6.07, 6.45) is 0. The van der Waals surface area contributed by atoms with Crippen LogP contribution in [0.1, 0.15) is 22.3 Å². The summed E-state index contributed by atoms with van der Waals surface area (Å²) in [5, 5.41) is 3.70. The number of para-hydroxylation sites is 1. The highest BCUT2D eigenvalue weighted by Gasteiger charge is 2.18. The van der Waals surface area contributed by atoms with E-state index in [1.807, 2.05) is 80.4 Å². The normalized spacial score (nSPS) is 10.4. The minimum atomic E-state index is -0.156. The van der Waals surface area contributed by atoms with Crippen molar-refractivity contribution in [1.29, 1.82) is 0 Å². The summed E-state index contributed by atoms with van der Waals surface area (Å²) in [4.78, 5) is 19.8. The molecule has 1 amide bonds. The minimum absolute atomic E-state index is 0.156. The van der Waals surface area contributed by atoms with E-state index in [0.29, 0.717) is 11.5 Å². The summed E-state index contributed by atoms with van der Waals surface area (Å²) >= 11 is 1.38. The molecule has 0 saturated heterocycles. The number of hydrogen-bond acceptors (Lipinski definition) is 5. The van der Waals surface area contributed by atoms with Crippen LogP contribution in [0, 0.1) is 6.92 Å². The fraction of sp³-hybridized carbons (Fsp3) is 0.200. The number of thiazole rings is 1. The number of rotatable bonds is 6. The minimum Gasteiger partial charge on any atom is -0.494 e. The maximum atomic E-state index is 12.6. The van der Waals surface area contributed by atoms with Crippen LogP contribution in [0.3, 0.4) is 0 Å². The quantitative estimate of drug-likeness (QED) is 0.675. The largest absolute Gasteiger partial charge is 0.494 e. The molecule has 1 aromatic heterocycles. The van der Waals surface area contributed by atoms with Crippen molar-refractivity contribution in [3.05, 3.63) is 65.2 Å². The molecule has 5 nitrogen and oxygen atoms in total. The first-order chi connectivity index (χ1) is 12.6. The number of carbonyl (C=O) groups is 1. The van der Waals surface area contributed by atoms with Crippen LogP contribution in [0.15, 0.2) is 54.6 Å². The van der Waals surface area contributed by atoms with E-state index < -0.39 is 0 Å². The lowest BCUT2D eigenvalue weighted by atomic mass is 10.3. The zero-order valence-corrected chi connectivity index (χ0v) is 15.8. The number of aryl methyl sites for hydroxylation is 1. The molecule has 2 aromatic carbocycles. The van der Waals surface area contributed by atoms with Gasteiger partial charge in [0.1, 0.15) is 10.6 Å². The van der Waals surface area contributed by atoms with Crippen LogP contribution >= 0.6 is 11.3 Å². The van der Waals surface area contributed by atoms with Crippen molar-refractivity contribution in [2.24, 2.45) is 0 Å². The molecule has 0 aliphatic heterocycles. The Labute approximate surface area is 157 Å². The van der Waals surface area contributed by atoms with Gasteiger partial charge in [-0.3, -0.25) is 4.79 Å². The van der Waals surface area contributed by atoms with Crippen LogP contribution in [0.5, 0.6) is 5.75 Å². The van der Waals surface area contributed by atoms with Crippen molar-refractivity contribution in [1.82, 2.24) is 4.98 Å². The second kappa shape index (κ2) is 8.01. The van der Waals surface area contributed by atoms with Crippen LogP contribution in [-0.4, -0.2) is 24.5 Å². The Morgan fingerprint density at radius 3 is 2.50 bits per heavy atom. The summed E-state index contributed by atoms with van der Waals surface area (Å²) in [7, 11) is 1.95. The molecule has 26 heavy (non-hydrogen) atoms. The molecule has 1 heterocycles. The SMILES string of the molecule is CCOc1ccc(NC(=O)c2sc(N(C)c3ccccc3)nc2C)cc1. The third-order valence-corrected chi connectivity index (χ3v) is 5.08. The number of anilines is 3. The molecule has 0 aliphatic rings. The van der Waals surface area contributed by atoms with E-state index in [1.54, 1.807) is 0 Å². The average Bonchev–Trinajstić information content (AvgIpc) is 3.05. The molecule has 0 unspecified atom stereocenters. The van der Waals surface area contributed by atoms with Gasteiger partial charge < -0.3 is 15.0 Å². The van der Waals surface area contributed by atoms with Crippen molar-refractivity contribution < 1.29 is 9.53 Å². The lowest BCUT2D eigenvalue weighted by molar-refractivity contribution is 0.103. The summed E-state index contributed by atoms with van der Waals surface area (Å²) in [6, 6.07) is 17.3. The van der Waals surface area contributed by atoms with Crippen molar-refractivity contribution in [2.75, 3.05) is 23.9 Å². The van der Waals surface area contributed by atoms with Gasteiger partial charge in [-0.25, -0.2) is 4.98 Å². The Morgan fingerprint density at radius 1 is 1.15 bits per heavy atom. The highest BCUT2D eigenvalue weighted by Crippen LogP contribution is 2.30. The number of nitrogens with zero attached hydrogens (tertiary/aromatic N) is 2. The fourth-order valence-electron chi connectivity index (χ4n) is 2.49. The molecule has 6 heteroatoms. The molecule has 0 fully saturated rings. The maximum absolute atomic E-state index is 12.6. The van der Waals surface area contributed by atoms with Gasteiger partial charge in [0, 0.05) is 18.4 Å². The van der Waals surface area contributed by atoms with Crippen LogP contribution in [0.25, 0.3) is 0 Å². The molecule has 0 spiro atoms. The molecule has 3 rings (SSSR count). The summed E-state index contributed by atoms with van der Waals surface area (Å²) in [5.74, 6) is 0.628. The van der Waals surface area contributed by atoms with E-state index >= 15 is 0 Å². The summed E-state index contributed by atoms with van der Waals surface area (Å²) in [6.45, 7) is 4.40. The van der Waals surface area contributed by atoms with Gasteiger partial charge in [0.2, 0.25) is 0 Å².